The topological polar surface area (TPSA) is 51.7 Å². The predicted molar refractivity (Wildman–Crippen MR) is 116 cm³/mol. The van der Waals surface area contributed by atoms with Crippen LogP contribution in [0.5, 0.6) is 11.5 Å². The van der Waals surface area contributed by atoms with E-state index in [0.717, 1.165) is 9.48 Å². The summed E-state index contributed by atoms with van der Waals surface area (Å²) in [6.07, 6.45) is 3.11. The molecule has 5 nitrogen and oxygen atoms in total. The molecule has 0 N–H and O–H groups in total. The largest absolute Gasteiger partial charge is 0.497 e. The lowest BCUT2D eigenvalue weighted by molar-refractivity contribution is -0.114. The van der Waals surface area contributed by atoms with Gasteiger partial charge in [0.1, 0.15) is 17.3 Å². The first kappa shape index (κ1) is 21.0. The average molecular weight is 477 g/mol. The fourth-order valence-corrected chi connectivity index (χ4v) is 3.60. The number of hydrogen-bond donors (Lipinski definition) is 0. The summed E-state index contributed by atoms with van der Waals surface area (Å²) < 4.78 is 24.7. The summed E-state index contributed by atoms with van der Waals surface area (Å²) in [5.41, 5.74) is 2.06. The molecule has 0 saturated heterocycles. The Morgan fingerprint density at radius 2 is 1.83 bits per heavy atom. The molecule has 0 radical (unpaired) electrons. The fourth-order valence-electron chi connectivity index (χ4n) is 2.60. The second-order valence-corrected chi connectivity index (χ2v) is 8.11. The average Bonchev–Trinajstić information content (AvgIpc) is 3.16. The highest BCUT2D eigenvalue weighted by Crippen LogP contribution is 2.30. The second-order valence-electron chi connectivity index (χ2n) is 5.98. The third-order valence-corrected chi connectivity index (χ3v) is 5.44. The Morgan fingerprint density at radius 3 is 2.38 bits per heavy atom. The standard InChI is InChI=1S/C21H18BrFN2O3S/c1-27-18-9-17(10-19(11-18)28-2)25(12-14-3-5-15(23)6-4-14)20(26)8-7-16-13-29-21(22)24-16/h3-11,13H,12H2,1-2H3/b8-7+. The van der Waals surface area contributed by atoms with Crippen molar-refractivity contribution in [1.82, 2.24) is 4.98 Å². The maximum atomic E-state index is 13.3. The quantitative estimate of drug-likeness (QED) is 0.433. The van der Waals surface area contributed by atoms with Crippen molar-refractivity contribution in [2.45, 2.75) is 6.54 Å². The number of anilines is 1. The van der Waals surface area contributed by atoms with Gasteiger partial charge in [-0.05, 0) is 39.7 Å². The Morgan fingerprint density at radius 1 is 1.17 bits per heavy atom. The Balaban J connectivity index is 1.95. The van der Waals surface area contributed by atoms with Gasteiger partial charge in [0.25, 0.3) is 5.91 Å². The normalized spacial score (nSPS) is 10.9. The SMILES string of the molecule is COc1cc(OC)cc(N(Cc2ccc(F)cc2)C(=O)/C=C/c2csc(Br)n2)c1. The minimum absolute atomic E-state index is 0.251. The van der Waals surface area contributed by atoms with Crippen molar-refractivity contribution in [3.8, 4) is 11.5 Å². The first-order chi connectivity index (χ1) is 14.0. The molecular formula is C21H18BrFN2O3S. The van der Waals surface area contributed by atoms with E-state index >= 15 is 0 Å². The number of thiazole rings is 1. The summed E-state index contributed by atoms with van der Waals surface area (Å²) in [7, 11) is 3.09. The minimum atomic E-state index is -0.330. The number of carbonyl (C=O) groups is 1. The van der Waals surface area contributed by atoms with E-state index in [0.29, 0.717) is 22.9 Å². The summed E-state index contributed by atoms with van der Waals surface area (Å²) >= 11 is 4.74. The zero-order valence-electron chi connectivity index (χ0n) is 15.8. The van der Waals surface area contributed by atoms with Gasteiger partial charge in [0, 0.05) is 29.7 Å². The van der Waals surface area contributed by atoms with Crippen LogP contribution in [0.15, 0.2) is 57.8 Å². The van der Waals surface area contributed by atoms with E-state index in [-0.39, 0.29) is 18.3 Å². The summed E-state index contributed by atoms with van der Waals surface area (Å²) in [5, 5.41) is 1.84. The van der Waals surface area contributed by atoms with Gasteiger partial charge in [-0.25, -0.2) is 9.37 Å². The number of carbonyl (C=O) groups excluding carboxylic acids is 1. The fraction of sp³-hybridized carbons (Fsp3) is 0.143. The summed E-state index contributed by atoms with van der Waals surface area (Å²) in [6.45, 7) is 0.251. The van der Waals surface area contributed by atoms with Gasteiger partial charge < -0.3 is 14.4 Å². The molecule has 2 aromatic carbocycles. The van der Waals surface area contributed by atoms with Gasteiger partial charge in [-0.3, -0.25) is 4.79 Å². The molecule has 0 saturated carbocycles. The van der Waals surface area contributed by atoms with E-state index in [1.165, 1.54) is 29.5 Å². The molecular weight excluding hydrogens is 459 g/mol. The Labute approximate surface area is 180 Å². The molecule has 1 heterocycles. The van der Waals surface area contributed by atoms with Crippen LogP contribution in [0.4, 0.5) is 10.1 Å². The first-order valence-electron chi connectivity index (χ1n) is 8.56. The van der Waals surface area contributed by atoms with Crippen LogP contribution >= 0.6 is 27.3 Å². The minimum Gasteiger partial charge on any atom is -0.497 e. The van der Waals surface area contributed by atoms with Crippen molar-refractivity contribution in [3.63, 3.8) is 0 Å². The number of hydrogen-bond acceptors (Lipinski definition) is 5. The van der Waals surface area contributed by atoms with E-state index < -0.39 is 0 Å². The second kappa shape index (κ2) is 9.67. The molecule has 0 spiro atoms. The monoisotopic (exact) mass is 476 g/mol. The van der Waals surface area contributed by atoms with Crippen LogP contribution in [-0.4, -0.2) is 25.1 Å². The molecule has 0 aliphatic heterocycles. The number of rotatable bonds is 7. The van der Waals surface area contributed by atoms with Crippen LogP contribution in [0.1, 0.15) is 11.3 Å². The molecule has 0 atom stereocenters. The van der Waals surface area contributed by atoms with Crippen LogP contribution < -0.4 is 14.4 Å². The highest BCUT2D eigenvalue weighted by Gasteiger charge is 2.17. The van der Waals surface area contributed by atoms with Gasteiger partial charge in [-0.2, -0.15) is 0 Å². The van der Waals surface area contributed by atoms with Crippen LogP contribution in [-0.2, 0) is 11.3 Å². The van der Waals surface area contributed by atoms with Crippen molar-refractivity contribution in [2.24, 2.45) is 0 Å². The summed E-state index contributed by atoms with van der Waals surface area (Å²) in [6, 6.07) is 11.3. The maximum Gasteiger partial charge on any atom is 0.251 e. The van der Waals surface area contributed by atoms with Gasteiger partial charge in [-0.15, -0.1) is 11.3 Å². The number of halogens is 2. The maximum absolute atomic E-state index is 13.3. The molecule has 0 fully saturated rings. The third-order valence-electron chi connectivity index (χ3n) is 4.06. The molecule has 0 aliphatic rings. The Hall–Kier alpha value is -2.71. The molecule has 150 valence electrons. The lowest BCUT2D eigenvalue weighted by Gasteiger charge is -2.23. The number of ether oxygens (including phenoxy) is 2. The number of benzene rings is 2. The number of amides is 1. The highest BCUT2D eigenvalue weighted by atomic mass is 79.9. The molecule has 0 bridgehead atoms. The van der Waals surface area contributed by atoms with E-state index in [1.807, 2.05) is 5.38 Å². The predicted octanol–water partition coefficient (Wildman–Crippen LogP) is 5.31. The zero-order chi connectivity index (χ0) is 20.8. The van der Waals surface area contributed by atoms with Crippen molar-refractivity contribution >= 4 is 44.9 Å². The Bertz CT molecular complexity index is 999. The molecule has 29 heavy (non-hydrogen) atoms. The van der Waals surface area contributed by atoms with Crippen molar-refractivity contribution in [2.75, 3.05) is 19.1 Å². The van der Waals surface area contributed by atoms with Crippen molar-refractivity contribution < 1.29 is 18.7 Å². The molecule has 3 aromatic rings. The zero-order valence-corrected chi connectivity index (χ0v) is 18.2. The number of nitrogens with zero attached hydrogens (tertiary/aromatic N) is 2. The summed E-state index contributed by atoms with van der Waals surface area (Å²) in [5.74, 6) is 0.532. The van der Waals surface area contributed by atoms with Gasteiger partial charge in [0.15, 0.2) is 3.92 Å². The van der Waals surface area contributed by atoms with Gasteiger partial charge in [-0.1, -0.05) is 12.1 Å². The van der Waals surface area contributed by atoms with Crippen LogP contribution in [0, 0.1) is 5.82 Å². The lowest BCUT2D eigenvalue weighted by atomic mass is 10.1. The van der Waals surface area contributed by atoms with Gasteiger partial charge in [0.05, 0.1) is 32.1 Å². The Kier molecular flexibility index (Phi) is 7.00. The van der Waals surface area contributed by atoms with Crippen molar-refractivity contribution in [3.05, 3.63) is 74.9 Å². The van der Waals surface area contributed by atoms with Crippen LogP contribution in [0.25, 0.3) is 6.08 Å². The number of methoxy groups -OCH3 is 2. The molecule has 1 aromatic heterocycles. The first-order valence-corrected chi connectivity index (χ1v) is 10.2. The molecule has 0 aliphatic carbocycles. The van der Waals surface area contributed by atoms with E-state index in [4.69, 9.17) is 9.47 Å². The molecule has 3 rings (SSSR count). The highest BCUT2D eigenvalue weighted by molar-refractivity contribution is 9.11. The van der Waals surface area contributed by atoms with Gasteiger partial charge in [0.2, 0.25) is 0 Å². The third kappa shape index (κ3) is 5.65. The van der Waals surface area contributed by atoms with E-state index in [9.17, 15) is 9.18 Å². The summed E-state index contributed by atoms with van der Waals surface area (Å²) in [4.78, 5) is 18.9. The molecule has 8 heteroatoms. The van der Waals surface area contributed by atoms with Crippen LogP contribution in [0.3, 0.4) is 0 Å². The molecule has 1 amide bonds. The van der Waals surface area contributed by atoms with E-state index in [1.54, 1.807) is 55.5 Å². The lowest BCUT2D eigenvalue weighted by Crippen LogP contribution is -2.28. The number of aromatic nitrogens is 1. The smallest absolute Gasteiger partial charge is 0.251 e. The van der Waals surface area contributed by atoms with E-state index in [2.05, 4.69) is 20.9 Å². The van der Waals surface area contributed by atoms with Gasteiger partial charge >= 0.3 is 0 Å². The molecule has 0 unspecified atom stereocenters. The van der Waals surface area contributed by atoms with Crippen molar-refractivity contribution in [1.29, 1.82) is 0 Å². The van der Waals surface area contributed by atoms with Crippen LogP contribution in [0.2, 0.25) is 0 Å².